The number of carbonyl (C=O) groups is 2. The summed E-state index contributed by atoms with van der Waals surface area (Å²) < 4.78 is 10.5. The summed E-state index contributed by atoms with van der Waals surface area (Å²) in [5.41, 5.74) is 2.48. The van der Waals surface area contributed by atoms with Crippen molar-refractivity contribution in [1.82, 2.24) is 5.32 Å². The SMILES string of the molecule is CCOC(=O)CCC(=O)NCC1Cc2ccccc2CO1. The van der Waals surface area contributed by atoms with Crippen LogP contribution in [0.3, 0.4) is 0 Å². The summed E-state index contributed by atoms with van der Waals surface area (Å²) >= 11 is 0. The van der Waals surface area contributed by atoms with Crippen molar-refractivity contribution in [2.45, 2.75) is 38.9 Å². The fourth-order valence-electron chi connectivity index (χ4n) is 2.31. The number of hydrogen-bond acceptors (Lipinski definition) is 4. The van der Waals surface area contributed by atoms with Gasteiger partial charge in [-0.15, -0.1) is 0 Å². The predicted molar refractivity (Wildman–Crippen MR) is 77.6 cm³/mol. The van der Waals surface area contributed by atoms with Crippen LogP contribution in [-0.2, 0) is 32.1 Å². The molecule has 0 radical (unpaired) electrons. The smallest absolute Gasteiger partial charge is 0.306 e. The van der Waals surface area contributed by atoms with E-state index >= 15 is 0 Å². The first-order chi connectivity index (χ1) is 10.2. The monoisotopic (exact) mass is 291 g/mol. The Morgan fingerprint density at radius 2 is 2.05 bits per heavy atom. The second-order valence-electron chi connectivity index (χ2n) is 5.01. The molecule has 0 bridgehead atoms. The van der Waals surface area contributed by atoms with Crippen LogP contribution in [0.2, 0.25) is 0 Å². The molecule has 1 N–H and O–H groups in total. The molecule has 0 spiro atoms. The van der Waals surface area contributed by atoms with Gasteiger partial charge in [-0.1, -0.05) is 24.3 Å². The largest absolute Gasteiger partial charge is 0.466 e. The molecule has 1 aromatic carbocycles. The third kappa shape index (κ3) is 4.86. The van der Waals surface area contributed by atoms with Crippen molar-refractivity contribution in [3.8, 4) is 0 Å². The van der Waals surface area contributed by atoms with Gasteiger partial charge >= 0.3 is 5.97 Å². The standard InChI is InChI=1S/C16H21NO4/c1-2-20-16(19)8-7-15(18)17-10-14-9-12-5-3-4-6-13(12)11-21-14/h3-6,14H,2,7-11H2,1H3,(H,17,18). The van der Waals surface area contributed by atoms with Gasteiger partial charge in [-0.2, -0.15) is 0 Å². The molecule has 1 aromatic rings. The van der Waals surface area contributed by atoms with E-state index in [1.165, 1.54) is 11.1 Å². The number of nitrogens with one attached hydrogen (secondary N) is 1. The molecule has 1 aliphatic heterocycles. The summed E-state index contributed by atoms with van der Waals surface area (Å²) in [7, 11) is 0. The van der Waals surface area contributed by atoms with Crippen LogP contribution in [0.1, 0.15) is 30.9 Å². The topological polar surface area (TPSA) is 64.6 Å². The highest BCUT2D eigenvalue weighted by Gasteiger charge is 2.19. The van der Waals surface area contributed by atoms with Crippen LogP contribution in [0.4, 0.5) is 0 Å². The van der Waals surface area contributed by atoms with Gasteiger partial charge < -0.3 is 14.8 Å². The lowest BCUT2D eigenvalue weighted by Gasteiger charge is -2.25. The second-order valence-corrected chi connectivity index (χ2v) is 5.01. The Hall–Kier alpha value is -1.88. The Morgan fingerprint density at radius 1 is 1.29 bits per heavy atom. The van der Waals surface area contributed by atoms with E-state index < -0.39 is 0 Å². The molecule has 1 heterocycles. The molecule has 114 valence electrons. The minimum atomic E-state index is -0.338. The zero-order valence-corrected chi connectivity index (χ0v) is 12.3. The molecular weight excluding hydrogens is 270 g/mol. The number of rotatable bonds is 6. The van der Waals surface area contributed by atoms with E-state index in [1.807, 2.05) is 12.1 Å². The lowest BCUT2D eigenvalue weighted by atomic mass is 9.99. The molecular formula is C16H21NO4. The first kappa shape index (κ1) is 15.5. The van der Waals surface area contributed by atoms with E-state index in [4.69, 9.17) is 9.47 Å². The maximum atomic E-state index is 11.7. The van der Waals surface area contributed by atoms with Gasteiger partial charge in [-0.05, 0) is 18.1 Å². The number of fused-ring (bicyclic) bond motifs is 1. The first-order valence-corrected chi connectivity index (χ1v) is 7.29. The Bertz CT molecular complexity index is 501. The molecule has 1 aliphatic rings. The van der Waals surface area contributed by atoms with Gasteiger partial charge in [0.2, 0.25) is 5.91 Å². The van der Waals surface area contributed by atoms with E-state index in [-0.39, 0.29) is 30.8 Å². The van der Waals surface area contributed by atoms with Crippen molar-refractivity contribution in [2.24, 2.45) is 0 Å². The van der Waals surface area contributed by atoms with E-state index in [9.17, 15) is 9.59 Å². The Morgan fingerprint density at radius 3 is 2.81 bits per heavy atom. The summed E-state index contributed by atoms with van der Waals surface area (Å²) in [5, 5.41) is 2.81. The van der Waals surface area contributed by atoms with Gasteiger partial charge in [0.05, 0.1) is 25.7 Å². The summed E-state index contributed by atoms with van der Waals surface area (Å²) in [6.45, 7) is 3.14. The van der Waals surface area contributed by atoms with Crippen molar-refractivity contribution in [3.63, 3.8) is 0 Å². The quantitative estimate of drug-likeness (QED) is 0.808. The van der Waals surface area contributed by atoms with Gasteiger partial charge in [-0.25, -0.2) is 0 Å². The van der Waals surface area contributed by atoms with Crippen LogP contribution >= 0.6 is 0 Å². The van der Waals surface area contributed by atoms with Crippen LogP contribution in [0, 0.1) is 0 Å². The maximum Gasteiger partial charge on any atom is 0.306 e. The fourth-order valence-corrected chi connectivity index (χ4v) is 2.31. The Labute approximate surface area is 124 Å². The second kappa shape index (κ2) is 7.78. The third-order valence-corrected chi connectivity index (χ3v) is 3.43. The van der Waals surface area contributed by atoms with Crippen molar-refractivity contribution >= 4 is 11.9 Å². The highest BCUT2D eigenvalue weighted by atomic mass is 16.5. The summed E-state index contributed by atoms with van der Waals surface area (Å²) in [6, 6.07) is 8.16. The van der Waals surface area contributed by atoms with Crippen LogP contribution in [0.25, 0.3) is 0 Å². The van der Waals surface area contributed by atoms with E-state index in [2.05, 4.69) is 17.4 Å². The van der Waals surface area contributed by atoms with Crippen LogP contribution in [-0.4, -0.2) is 31.1 Å². The molecule has 1 amide bonds. The minimum absolute atomic E-state index is 0.00792. The van der Waals surface area contributed by atoms with Gasteiger partial charge in [0.15, 0.2) is 0 Å². The number of amides is 1. The lowest BCUT2D eigenvalue weighted by Crippen LogP contribution is -2.36. The van der Waals surface area contributed by atoms with Crippen molar-refractivity contribution in [3.05, 3.63) is 35.4 Å². The lowest BCUT2D eigenvalue weighted by molar-refractivity contribution is -0.144. The average Bonchev–Trinajstić information content (AvgIpc) is 2.51. The number of hydrogen-bond donors (Lipinski definition) is 1. The molecule has 5 heteroatoms. The van der Waals surface area contributed by atoms with E-state index in [1.54, 1.807) is 6.92 Å². The molecule has 5 nitrogen and oxygen atoms in total. The van der Waals surface area contributed by atoms with Crippen LogP contribution in [0.15, 0.2) is 24.3 Å². The minimum Gasteiger partial charge on any atom is -0.466 e. The van der Waals surface area contributed by atoms with Crippen LogP contribution < -0.4 is 5.32 Å². The predicted octanol–water partition coefficient (Wildman–Crippen LogP) is 1.59. The molecule has 2 rings (SSSR count). The van der Waals surface area contributed by atoms with Gasteiger partial charge in [0.1, 0.15) is 0 Å². The zero-order valence-electron chi connectivity index (χ0n) is 12.3. The molecule has 1 atom stereocenters. The maximum absolute atomic E-state index is 11.7. The zero-order chi connectivity index (χ0) is 15.1. The fraction of sp³-hybridized carbons (Fsp3) is 0.500. The number of benzene rings is 1. The van der Waals surface area contributed by atoms with Gasteiger partial charge in [0.25, 0.3) is 0 Å². The third-order valence-electron chi connectivity index (χ3n) is 3.43. The highest BCUT2D eigenvalue weighted by Crippen LogP contribution is 2.19. The van der Waals surface area contributed by atoms with Crippen molar-refractivity contribution in [1.29, 1.82) is 0 Å². The molecule has 21 heavy (non-hydrogen) atoms. The van der Waals surface area contributed by atoms with E-state index in [0.29, 0.717) is 19.8 Å². The molecule has 0 fully saturated rings. The van der Waals surface area contributed by atoms with Crippen molar-refractivity contribution < 1.29 is 19.1 Å². The summed E-state index contributed by atoms with van der Waals surface area (Å²) in [4.78, 5) is 22.8. The van der Waals surface area contributed by atoms with Crippen LogP contribution in [0.5, 0.6) is 0 Å². The highest BCUT2D eigenvalue weighted by molar-refractivity contribution is 5.81. The van der Waals surface area contributed by atoms with Gasteiger partial charge in [0, 0.05) is 19.4 Å². The average molecular weight is 291 g/mol. The van der Waals surface area contributed by atoms with Gasteiger partial charge in [-0.3, -0.25) is 9.59 Å². The first-order valence-electron chi connectivity index (χ1n) is 7.29. The molecule has 1 unspecified atom stereocenters. The number of carbonyl (C=O) groups excluding carboxylic acids is 2. The number of esters is 1. The number of ether oxygens (including phenoxy) is 2. The normalized spacial score (nSPS) is 16.9. The Balaban J connectivity index is 1.70. The van der Waals surface area contributed by atoms with E-state index in [0.717, 1.165) is 6.42 Å². The molecule has 0 aliphatic carbocycles. The molecule has 0 aromatic heterocycles. The summed E-state index contributed by atoms with van der Waals surface area (Å²) in [6.07, 6.45) is 1.07. The summed E-state index contributed by atoms with van der Waals surface area (Å²) in [5.74, 6) is -0.485. The molecule has 0 saturated carbocycles. The molecule has 0 saturated heterocycles. The van der Waals surface area contributed by atoms with Crippen molar-refractivity contribution in [2.75, 3.05) is 13.2 Å². The Kier molecular flexibility index (Phi) is 5.75.